The molecule has 1 saturated carbocycles. The van der Waals surface area contributed by atoms with Crippen molar-refractivity contribution >= 4 is 45.1 Å². The van der Waals surface area contributed by atoms with Crippen LogP contribution in [0.25, 0.3) is 0 Å². The number of carbonyl (C=O) groups is 2. The van der Waals surface area contributed by atoms with Gasteiger partial charge in [0.15, 0.2) is 5.15 Å². The number of aromatic nitrogens is 1. The van der Waals surface area contributed by atoms with Gasteiger partial charge in [-0.25, -0.2) is 4.98 Å². The molecule has 1 amide bonds. The molecule has 2 N–H and O–H groups in total. The smallest absolute Gasteiger partial charge is 0.307 e. The lowest BCUT2D eigenvalue weighted by molar-refractivity contribution is -0.146. The second-order valence-corrected chi connectivity index (χ2v) is 6.59. The van der Waals surface area contributed by atoms with E-state index in [2.05, 4.69) is 26.2 Å². The Bertz CT molecular complexity index is 649. The summed E-state index contributed by atoms with van der Waals surface area (Å²) < 4.78 is 0.685. The molecule has 1 heterocycles. The first-order valence-electron chi connectivity index (χ1n) is 6.50. The number of hydrogen-bond acceptors (Lipinski definition) is 3. The Morgan fingerprint density at radius 3 is 2.67 bits per heavy atom. The minimum atomic E-state index is -0.925. The van der Waals surface area contributed by atoms with Gasteiger partial charge in [-0.15, -0.1) is 0 Å². The van der Waals surface area contributed by atoms with Gasteiger partial charge < -0.3 is 10.4 Å². The molecule has 0 saturated heterocycles. The predicted octanol–water partition coefficient (Wildman–Crippen LogP) is 2.96. The summed E-state index contributed by atoms with van der Waals surface area (Å²) in [5.74, 6) is -2.55. The van der Waals surface area contributed by atoms with Crippen LogP contribution < -0.4 is 5.32 Å². The summed E-state index contributed by atoms with van der Waals surface area (Å²) in [6.45, 7) is 0. The maximum absolute atomic E-state index is 12.5. The highest BCUT2D eigenvalue weighted by molar-refractivity contribution is 9.10. The lowest BCUT2D eigenvalue weighted by Crippen LogP contribution is -2.36. The van der Waals surface area contributed by atoms with Crippen molar-refractivity contribution in [2.75, 3.05) is 5.32 Å². The van der Waals surface area contributed by atoms with Crippen LogP contribution in [0.3, 0.4) is 0 Å². The van der Waals surface area contributed by atoms with Gasteiger partial charge >= 0.3 is 5.97 Å². The summed E-state index contributed by atoms with van der Waals surface area (Å²) in [6.07, 6.45) is 6.09. The minimum Gasteiger partial charge on any atom is -0.481 e. The molecule has 1 fully saturated rings. The molecule has 4 unspecified atom stereocenters. The molecule has 1 aromatic rings. The van der Waals surface area contributed by atoms with Crippen LogP contribution in [-0.4, -0.2) is 22.0 Å². The van der Waals surface area contributed by atoms with Crippen molar-refractivity contribution in [1.82, 2.24) is 4.98 Å². The fraction of sp³-hybridized carbons (Fsp3) is 0.357. The number of anilines is 1. The average molecular weight is 372 g/mol. The Morgan fingerprint density at radius 1 is 1.33 bits per heavy atom. The van der Waals surface area contributed by atoms with Crippen LogP contribution in [0.2, 0.25) is 5.15 Å². The van der Waals surface area contributed by atoms with E-state index in [1.54, 1.807) is 6.07 Å². The summed E-state index contributed by atoms with van der Waals surface area (Å²) in [5, 5.41) is 12.2. The Hall–Kier alpha value is -1.40. The van der Waals surface area contributed by atoms with Crippen molar-refractivity contribution in [2.24, 2.45) is 23.7 Å². The molecule has 1 aromatic heterocycles. The van der Waals surface area contributed by atoms with E-state index in [0.29, 0.717) is 10.2 Å². The number of nitrogens with zero attached hydrogens (tertiary/aromatic N) is 1. The zero-order valence-electron chi connectivity index (χ0n) is 10.8. The minimum absolute atomic E-state index is 0.0185. The Balaban J connectivity index is 1.83. The molecule has 0 aliphatic heterocycles. The van der Waals surface area contributed by atoms with Gasteiger partial charge in [-0.2, -0.15) is 0 Å². The summed E-state index contributed by atoms with van der Waals surface area (Å²) >= 11 is 9.21. The molecule has 2 aliphatic carbocycles. The fourth-order valence-electron chi connectivity index (χ4n) is 3.24. The lowest BCUT2D eigenvalue weighted by Gasteiger charge is -2.24. The quantitative estimate of drug-likeness (QED) is 0.632. The zero-order valence-corrected chi connectivity index (χ0v) is 13.1. The standard InChI is InChI=1S/C14H12BrClN2O3/c15-8-4-9(12(16)17-5-8)18-13(19)10-6-1-2-7(3-6)11(10)14(20)21/h1-2,4-7,10-11H,3H2,(H,18,19)(H,20,21). The second-order valence-electron chi connectivity index (χ2n) is 5.32. The Morgan fingerprint density at radius 2 is 2.00 bits per heavy atom. The fourth-order valence-corrected chi connectivity index (χ4v) is 3.72. The molecule has 2 bridgehead atoms. The van der Waals surface area contributed by atoms with Crippen molar-refractivity contribution in [3.63, 3.8) is 0 Å². The van der Waals surface area contributed by atoms with Gasteiger partial charge in [0, 0.05) is 10.7 Å². The lowest BCUT2D eigenvalue weighted by atomic mass is 9.82. The SMILES string of the molecule is O=C(O)C1C2C=CC(C2)C1C(=O)Nc1cc(Br)cnc1Cl. The highest BCUT2D eigenvalue weighted by atomic mass is 79.9. The van der Waals surface area contributed by atoms with E-state index in [4.69, 9.17) is 11.6 Å². The van der Waals surface area contributed by atoms with Crippen molar-refractivity contribution < 1.29 is 14.7 Å². The molecule has 4 atom stereocenters. The van der Waals surface area contributed by atoms with Gasteiger partial charge in [0.05, 0.1) is 17.5 Å². The first-order chi connectivity index (χ1) is 9.97. The van der Waals surface area contributed by atoms with Gasteiger partial charge in [-0.05, 0) is 40.3 Å². The van der Waals surface area contributed by atoms with Crippen molar-refractivity contribution in [3.05, 3.63) is 34.0 Å². The summed E-state index contributed by atoms with van der Waals surface area (Å²) in [6, 6.07) is 1.64. The number of fused-ring (bicyclic) bond motifs is 2. The maximum atomic E-state index is 12.5. The zero-order chi connectivity index (χ0) is 15.1. The van der Waals surface area contributed by atoms with Crippen LogP contribution in [0.1, 0.15) is 6.42 Å². The Labute approximate surface area is 134 Å². The van der Waals surface area contributed by atoms with Crippen molar-refractivity contribution in [3.8, 4) is 0 Å². The number of carboxylic acid groups (broad SMARTS) is 1. The van der Waals surface area contributed by atoms with Crippen LogP contribution in [0, 0.1) is 23.7 Å². The number of carbonyl (C=O) groups excluding carboxylic acids is 1. The van der Waals surface area contributed by atoms with Gasteiger partial charge in [0.1, 0.15) is 0 Å². The summed E-state index contributed by atoms with van der Waals surface area (Å²) in [4.78, 5) is 27.8. The summed E-state index contributed by atoms with van der Waals surface area (Å²) in [7, 11) is 0. The molecule has 21 heavy (non-hydrogen) atoms. The van der Waals surface area contributed by atoms with Crippen molar-refractivity contribution in [2.45, 2.75) is 6.42 Å². The molecule has 3 rings (SSSR count). The summed E-state index contributed by atoms with van der Waals surface area (Å²) in [5.41, 5.74) is 0.381. The van der Waals surface area contributed by atoms with Crippen LogP contribution in [0.4, 0.5) is 5.69 Å². The first kappa shape index (κ1) is 14.5. The third-order valence-electron chi connectivity index (χ3n) is 4.11. The molecule has 7 heteroatoms. The third-order valence-corrected chi connectivity index (χ3v) is 4.85. The van der Waals surface area contributed by atoms with Gasteiger partial charge in [-0.1, -0.05) is 23.8 Å². The van der Waals surface area contributed by atoms with E-state index in [9.17, 15) is 14.7 Å². The topological polar surface area (TPSA) is 79.3 Å². The predicted molar refractivity (Wildman–Crippen MR) is 80.9 cm³/mol. The average Bonchev–Trinajstić information content (AvgIpc) is 3.03. The normalized spacial score (nSPS) is 29.6. The van der Waals surface area contributed by atoms with E-state index in [1.807, 2.05) is 12.2 Å². The number of carboxylic acids is 1. The number of amides is 1. The third kappa shape index (κ3) is 2.58. The molecule has 2 aliphatic rings. The highest BCUT2D eigenvalue weighted by Crippen LogP contribution is 2.48. The van der Waals surface area contributed by atoms with Crippen LogP contribution in [-0.2, 0) is 9.59 Å². The highest BCUT2D eigenvalue weighted by Gasteiger charge is 2.51. The number of rotatable bonds is 3. The van der Waals surface area contributed by atoms with E-state index < -0.39 is 17.8 Å². The van der Waals surface area contributed by atoms with Gasteiger partial charge in [0.2, 0.25) is 5.91 Å². The molecular weight excluding hydrogens is 360 g/mol. The van der Waals surface area contributed by atoms with Crippen molar-refractivity contribution in [1.29, 1.82) is 0 Å². The van der Waals surface area contributed by atoms with Gasteiger partial charge in [0.25, 0.3) is 0 Å². The molecular formula is C14H12BrClN2O3. The van der Waals surface area contributed by atoms with E-state index in [-0.39, 0.29) is 22.9 Å². The number of aliphatic carboxylic acids is 1. The molecule has 0 radical (unpaired) electrons. The number of hydrogen-bond donors (Lipinski definition) is 2. The number of halogens is 2. The number of nitrogens with one attached hydrogen (secondary N) is 1. The van der Waals surface area contributed by atoms with E-state index in [1.165, 1.54) is 6.20 Å². The molecule has 5 nitrogen and oxygen atoms in total. The number of pyridine rings is 1. The number of allylic oxidation sites excluding steroid dienone is 2. The largest absolute Gasteiger partial charge is 0.481 e. The Kier molecular flexibility index (Phi) is 3.75. The van der Waals surface area contributed by atoms with E-state index >= 15 is 0 Å². The van der Waals surface area contributed by atoms with Crippen LogP contribution >= 0.6 is 27.5 Å². The molecule has 110 valence electrons. The van der Waals surface area contributed by atoms with Crippen LogP contribution in [0.5, 0.6) is 0 Å². The van der Waals surface area contributed by atoms with Crippen LogP contribution in [0.15, 0.2) is 28.9 Å². The molecule has 0 aromatic carbocycles. The van der Waals surface area contributed by atoms with E-state index in [0.717, 1.165) is 6.42 Å². The first-order valence-corrected chi connectivity index (χ1v) is 7.67. The second kappa shape index (κ2) is 5.42. The molecule has 0 spiro atoms. The monoisotopic (exact) mass is 370 g/mol. The van der Waals surface area contributed by atoms with Gasteiger partial charge in [-0.3, -0.25) is 9.59 Å². The maximum Gasteiger partial charge on any atom is 0.307 e.